The molecule has 0 bridgehead atoms. The summed E-state index contributed by atoms with van der Waals surface area (Å²) in [5.74, 6) is 0.156. The number of amides is 2. The summed E-state index contributed by atoms with van der Waals surface area (Å²) in [7, 11) is 3.62. The van der Waals surface area contributed by atoms with Crippen molar-refractivity contribution in [1.29, 1.82) is 0 Å². The summed E-state index contributed by atoms with van der Waals surface area (Å²) >= 11 is 0. The Bertz CT molecular complexity index is 1670. The first-order valence-corrected chi connectivity index (χ1v) is 19.3. The van der Waals surface area contributed by atoms with Crippen molar-refractivity contribution >= 4 is 18.0 Å². The van der Waals surface area contributed by atoms with Gasteiger partial charge in [-0.05, 0) is 82.1 Å². The number of nitrogens with zero attached hydrogens (tertiary/aromatic N) is 3. The summed E-state index contributed by atoms with van der Waals surface area (Å²) in [6, 6.07) is 23.9. The Balaban J connectivity index is 1.35. The first-order valence-electron chi connectivity index (χ1n) is 19.3. The highest BCUT2D eigenvalue weighted by atomic mass is 16.6. The molecule has 3 aromatic rings. The van der Waals surface area contributed by atoms with Crippen molar-refractivity contribution in [3.63, 3.8) is 0 Å². The van der Waals surface area contributed by atoms with Crippen LogP contribution in [0.25, 0.3) is 0 Å². The average molecular weight is 759 g/mol. The topological polar surface area (TPSA) is 130 Å². The summed E-state index contributed by atoms with van der Waals surface area (Å²) in [6.45, 7) is 10.3. The summed E-state index contributed by atoms with van der Waals surface area (Å²) in [5.41, 5.74) is 3.03. The van der Waals surface area contributed by atoms with Crippen LogP contribution in [0.4, 0.5) is 4.79 Å². The Kier molecular flexibility index (Phi) is 15.1. The molecule has 1 saturated heterocycles. The maximum Gasteiger partial charge on any atom is 0.407 e. The summed E-state index contributed by atoms with van der Waals surface area (Å²) < 4.78 is 23.1. The normalized spacial score (nSPS) is 18.2. The molecule has 0 unspecified atom stereocenters. The van der Waals surface area contributed by atoms with E-state index in [2.05, 4.69) is 10.2 Å². The molecule has 2 aliphatic rings. The second kappa shape index (κ2) is 19.9. The largest absolute Gasteiger partial charge is 0.492 e. The molecule has 1 aliphatic heterocycles. The van der Waals surface area contributed by atoms with E-state index in [9.17, 15) is 19.5 Å². The number of carbonyl (C=O) groups excluding carboxylic acids is 3. The maximum atomic E-state index is 14.5. The molecule has 3 aromatic carbocycles. The highest BCUT2D eigenvalue weighted by molar-refractivity contribution is 5.78. The number of ether oxygens (including phenoxy) is 4. The van der Waals surface area contributed by atoms with Crippen LogP contribution in [0, 0.1) is 0 Å². The minimum atomic E-state index is -1.06. The van der Waals surface area contributed by atoms with E-state index in [0.717, 1.165) is 60.9 Å². The van der Waals surface area contributed by atoms with Crippen molar-refractivity contribution in [3.05, 3.63) is 101 Å². The van der Waals surface area contributed by atoms with E-state index >= 15 is 0 Å². The smallest absolute Gasteiger partial charge is 0.407 e. The molecule has 55 heavy (non-hydrogen) atoms. The number of aliphatic hydroxyl groups excluding tert-OH is 1. The molecule has 4 atom stereocenters. The molecule has 2 amide bonds. The number of likely N-dealkylation sites (N-methyl/N-ethyl adjacent to an activating group) is 1. The van der Waals surface area contributed by atoms with Gasteiger partial charge in [-0.1, -0.05) is 66.7 Å². The van der Waals surface area contributed by atoms with Crippen molar-refractivity contribution < 1.29 is 38.4 Å². The maximum absolute atomic E-state index is 14.5. The number of hydrogen-bond donors (Lipinski definition) is 2. The third-order valence-corrected chi connectivity index (χ3v) is 9.71. The lowest BCUT2D eigenvalue weighted by Gasteiger charge is -2.34. The number of fused-ring (bicyclic) bond motifs is 1. The van der Waals surface area contributed by atoms with E-state index in [-0.39, 0.29) is 37.8 Å². The fourth-order valence-corrected chi connectivity index (χ4v) is 7.05. The van der Waals surface area contributed by atoms with Gasteiger partial charge >= 0.3 is 12.1 Å². The summed E-state index contributed by atoms with van der Waals surface area (Å²) in [6.07, 6.45) is -1.40. The van der Waals surface area contributed by atoms with Crippen LogP contribution in [0.2, 0.25) is 0 Å². The van der Waals surface area contributed by atoms with Crippen LogP contribution in [-0.2, 0) is 43.2 Å². The summed E-state index contributed by atoms with van der Waals surface area (Å²) in [4.78, 5) is 46.3. The molecular formula is C43H58N4O8. The van der Waals surface area contributed by atoms with Gasteiger partial charge in [0, 0.05) is 39.0 Å². The van der Waals surface area contributed by atoms with Gasteiger partial charge in [0.05, 0.1) is 37.9 Å². The van der Waals surface area contributed by atoms with Crippen LogP contribution in [0.5, 0.6) is 5.75 Å². The molecule has 0 radical (unpaired) electrons. The number of esters is 1. The SMILES string of the molecule is CN(C)CC(=O)O[C@@H]1Cc2ccccc2[C@@H]1N(Cc1ccc(OCCN2CCOCC2)cc1)C(=O)CC[C@H](O)[C@H](Cc1ccccc1)NC(=O)OC(C)(C)C. The van der Waals surface area contributed by atoms with E-state index in [0.29, 0.717) is 19.4 Å². The Morgan fingerprint density at radius 3 is 2.33 bits per heavy atom. The van der Waals surface area contributed by atoms with E-state index < -0.39 is 36.0 Å². The first-order chi connectivity index (χ1) is 26.3. The van der Waals surface area contributed by atoms with Gasteiger partial charge in [0.25, 0.3) is 0 Å². The number of nitrogens with one attached hydrogen (secondary N) is 1. The first kappa shape index (κ1) is 41.7. The Labute approximate surface area is 325 Å². The van der Waals surface area contributed by atoms with Crippen LogP contribution in [0.1, 0.15) is 61.9 Å². The van der Waals surface area contributed by atoms with Gasteiger partial charge in [0.2, 0.25) is 5.91 Å². The highest BCUT2D eigenvalue weighted by Crippen LogP contribution is 2.39. The van der Waals surface area contributed by atoms with E-state index in [1.54, 1.807) is 30.6 Å². The van der Waals surface area contributed by atoms with Crippen LogP contribution < -0.4 is 10.1 Å². The van der Waals surface area contributed by atoms with E-state index in [1.165, 1.54) is 0 Å². The fraction of sp³-hybridized carbons (Fsp3) is 0.512. The molecule has 1 aliphatic carbocycles. The minimum Gasteiger partial charge on any atom is -0.492 e. The predicted octanol–water partition coefficient (Wildman–Crippen LogP) is 4.77. The molecule has 1 heterocycles. The lowest BCUT2D eigenvalue weighted by molar-refractivity contribution is -0.156. The van der Waals surface area contributed by atoms with Crippen molar-refractivity contribution in [2.45, 2.75) is 82.9 Å². The van der Waals surface area contributed by atoms with Gasteiger partial charge in [-0.3, -0.25) is 19.4 Å². The monoisotopic (exact) mass is 758 g/mol. The minimum absolute atomic E-state index is 0.0117. The van der Waals surface area contributed by atoms with Gasteiger partial charge in [0.15, 0.2) is 0 Å². The van der Waals surface area contributed by atoms with Crippen LogP contribution in [0.3, 0.4) is 0 Å². The number of hydrogen-bond acceptors (Lipinski definition) is 10. The molecule has 2 N–H and O–H groups in total. The molecule has 1 fully saturated rings. The standard InChI is InChI=1S/C43H58N4O8/c1-43(2,3)55-42(51)44-36(27-31-11-7-6-8-12-31)37(48)19-20-39(49)47(29-32-15-17-34(18-16-32)53-26-23-46-21-24-52-25-22-46)41-35-14-10-9-13-33(35)28-38(41)54-40(50)30-45(4)5/h6-18,36-38,41,48H,19-30H2,1-5H3,(H,44,51)/t36-,37-,38+,41-/m0/s1. The number of benzene rings is 3. The fourth-order valence-electron chi connectivity index (χ4n) is 7.05. The van der Waals surface area contributed by atoms with E-state index in [4.69, 9.17) is 18.9 Å². The quantitative estimate of drug-likeness (QED) is 0.186. The predicted molar refractivity (Wildman–Crippen MR) is 210 cm³/mol. The van der Waals surface area contributed by atoms with E-state index in [1.807, 2.05) is 93.0 Å². The molecule has 12 heteroatoms. The zero-order valence-electron chi connectivity index (χ0n) is 32.9. The third kappa shape index (κ3) is 13.1. The van der Waals surface area contributed by atoms with Crippen LogP contribution in [-0.4, -0.2) is 122 Å². The second-order valence-corrected chi connectivity index (χ2v) is 15.6. The molecule has 0 spiro atoms. The van der Waals surface area contributed by atoms with Crippen LogP contribution >= 0.6 is 0 Å². The zero-order chi connectivity index (χ0) is 39.4. The van der Waals surface area contributed by atoms with Crippen molar-refractivity contribution in [1.82, 2.24) is 20.0 Å². The van der Waals surface area contributed by atoms with Gasteiger partial charge in [0.1, 0.15) is 24.1 Å². The van der Waals surface area contributed by atoms with Gasteiger partial charge < -0.3 is 34.3 Å². The van der Waals surface area contributed by atoms with Crippen molar-refractivity contribution in [2.24, 2.45) is 0 Å². The van der Waals surface area contributed by atoms with Gasteiger partial charge in [-0.15, -0.1) is 0 Å². The number of aliphatic hydroxyl groups is 1. The second-order valence-electron chi connectivity index (χ2n) is 15.6. The molecule has 0 aromatic heterocycles. The molecule has 0 saturated carbocycles. The number of rotatable bonds is 17. The molecule has 12 nitrogen and oxygen atoms in total. The van der Waals surface area contributed by atoms with Gasteiger partial charge in [-0.2, -0.15) is 0 Å². The number of morpholine rings is 1. The Morgan fingerprint density at radius 1 is 0.945 bits per heavy atom. The summed E-state index contributed by atoms with van der Waals surface area (Å²) in [5, 5.41) is 14.4. The lowest BCUT2D eigenvalue weighted by atomic mass is 9.97. The Morgan fingerprint density at radius 2 is 1.64 bits per heavy atom. The number of alkyl carbamates (subject to hydrolysis) is 1. The molecule has 298 valence electrons. The zero-order valence-corrected chi connectivity index (χ0v) is 32.9. The van der Waals surface area contributed by atoms with Crippen LogP contribution in [0.15, 0.2) is 78.9 Å². The van der Waals surface area contributed by atoms with Crippen molar-refractivity contribution in [2.75, 3.05) is 60.1 Å². The van der Waals surface area contributed by atoms with Gasteiger partial charge in [-0.25, -0.2) is 4.79 Å². The van der Waals surface area contributed by atoms with Crippen molar-refractivity contribution in [3.8, 4) is 5.75 Å². The Hall–Kier alpha value is -4.49. The lowest BCUT2D eigenvalue weighted by Crippen LogP contribution is -2.47. The third-order valence-electron chi connectivity index (χ3n) is 9.71. The molecular weight excluding hydrogens is 700 g/mol. The average Bonchev–Trinajstić information content (AvgIpc) is 3.50. The molecule has 5 rings (SSSR count). The highest BCUT2D eigenvalue weighted by Gasteiger charge is 2.41. The number of carbonyl (C=O) groups is 3.